The Hall–Kier alpha value is -2.20. The number of hydrogen-bond acceptors (Lipinski definition) is 3. The predicted octanol–water partition coefficient (Wildman–Crippen LogP) is 3.86. The summed E-state index contributed by atoms with van der Waals surface area (Å²) in [6.45, 7) is 1.96. The van der Waals surface area contributed by atoms with Gasteiger partial charge < -0.3 is 0 Å². The van der Waals surface area contributed by atoms with Crippen molar-refractivity contribution in [2.24, 2.45) is 0 Å². The first-order chi connectivity index (χ1) is 9.22. The molecule has 94 valence electrons. The van der Waals surface area contributed by atoms with Gasteiger partial charge in [-0.25, -0.2) is 4.98 Å². The van der Waals surface area contributed by atoms with Gasteiger partial charge in [0.15, 0.2) is 5.13 Å². The molecule has 3 nitrogen and oxygen atoms in total. The lowest BCUT2D eigenvalue weighted by atomic mass is 10.1. The van der Waals surface area contributed by atoms with Gasteiger partial charge in [-0.2, -0.15) is 0 Å². The molecule has 4 heteroatoms. The van der Waals surface area contributed by atoms with E-state index < -0.39 is 0 Å². The first-order valence-corrected chi connectivity index (χ1v) is 6.76. The van der Waals surface area contributed by atoms with Crippen LogP contribution in [0.4, 0.5) is 5.13 Å². The summed E-state index contributed by atoms with van der Waals surface area (Å²) in [7, 11) is 0. The number of amides is 1. The van der Waals surface area contributed by atoms with Gasteiger partial charge >= 0.3 is 0 Å². The second-order valence-electron chi connectivity index (χ2n) is 4.29. The maximum Gasteiger partial charge on any atom is 0.257 e. The number of fused-ring (bicyclic) bond motifs is 1. The van der Waals surface area contributed by atoms with E-state index in [2.05, 4.69) is 10.3 Å². The summed E-state index contributed by atoms with van der Waals surface area (Å²) in [4.78, 5) is 17.3. The summed E-state index contributed by atoms with van der Waals surface area (Å²) >= 11 is 1.47. The molecule has 1 aromatic heterocycles. The van der Waals surface area contributed by atoms with Gasteiger partial charge in [0.05, 0.1) is 0 Å². The number of rotatable bonds is 2. The van der Waals surface area contributed by atoms with Gasteiger partial charge in [-0.3, -0.25) is 10.1 Å². The molecule has 0 atom stereocenters. The van der Waals surface area contributed by atoms with E-state index in [-0.39, 0.29) is 5.91 Å². The quantitative estimate of drug-likeness (QED) is 0.767. The van der Waals surface area contributed by atoms with E-state index in [1.807, 2.05) is 49.4 Å². The maximum absolute atomic E-state index is 12.1. The van der Waals surface area contributed by atoms with Crippen LogP contribution in [0.2, 0.25) is 0 Å². The molecule has 0 unspecified atom stereocenters. The summed E-state index contributed by atoms with van der Waals surface area (Å²) in [5.41, 5.74) is 0.645. The van der Waals surface area contributed by atoms with Crippen molar-refractivity contribution < 1.29 is 4.79 Å². The third kappa shape index (κ3) is 2.48. The lowest BCUT2D eigenvalue weighted by molar-refractivity contribution is 0.102. The SMILES string of the molecule is Cc1cnc(NC(=O)c2ccc3ccccc3c2)s1. The minimum absolute atomic E-state index is 0.125. The first kappa shape index (κ1) is 11.9. The monoisotopic (exact) mass is 268 g/mol. The van der Waals surface area contributed by atoms with Gasteiger partial charge in [-0.15, -0.1) is 11.3 Å². The standard InChI is InChI=1S/C15H12N2OS/c1-10-9-16-15(19-10)17-14(18)13-7-6-11-4-2-3-5-12(11)8-13/h2-9H,1H3,(H,16,17,18). The van der Waals surface area contributed by atoms with Gasteiger partial charge in [0.2, 0.25) is 0 Å². The van der Waals surface area contributed by atoms with E-state index in [1.165, 1.54) is 11.3 Å². The molecule has 0 fully saturated rings. The zero-order chi connectivity index (χ0) is 13.2. The number of benzene rings is 2. The van der Waals surface area contributed by atoms with Crippen molar-refractivity contribution in [2.45, 2.75) is 6.92 Å². The molecule has 0 aliphatic carbocycles. The number of aromatic nitrogens is 1. The van der Waals surface area contributed by atoms with Crippen LogP contribution in [0.1, 0.15) is 15.2 Å². The smallest absolute Gasteiger partial charge is 0.257 e. The highest BCUT2D eigenvalue weighted by Crippen LogP contribution is 2.19. The second-order valence-corrected chi connectivity index (χ2v) is 5.53. The minimum atomic E-state index is -0.125. The lowest BCUT2D eigenvalue weighted by Crippen LogP contribution is -2.11. The molecule has 0 saturated heterocycles. The topological polar surface area (TPSA) is 42.0 Å². The fourth-order valence-electron chi connectivity index (χ4n) is 1.91. The van der Waals surface area contributed by atoms with Crippen molar-refractivity contribution in [2.75, 3.05) is 5.32 Å². The summed E-state index contributed by atoms with van der Waals surface area (Å²) < 4.78 is 0. The van der Waals surface area contributed by atoms with Crippen LogP contribution in [0.15, 0.2) is 48.7 Å². The molecule has 0 radical (unpaired) electrons. The fourth-order valence-corrected chi connectivity index (χ4v) is 2.57. The van der Waals surface area contributed by atoms with E-state index in [0.29, 0.717) is 10.7 Å². The van der Waals surface area contributed by atoms with Crippen LogP contribution in [0.5, 0.6) is 0 Å². The third-order valence-corrected chi connectivity index (χ3v) is 3.68. The van der Waals surface area contributed by atoms with E-state index in [1.54, 1.807) is 6.20 Å². The largest absolute Gasteiger partial charge is 0.298 e. The van der Waals surface area contributed by atoms with Crippen LogP contribution >= 0.6 is 11.3 Å². The summed E-state index contributed by atoms with van der Waals surface area (Å²) in [6.07, 6.45) is 1.75. The van der Waals surface area contributed by atoms with Crippen molar-refractivity contribution in [3.63, 3.8) is 0 Å². The van der Waals surface area contributed by atoms with E-state index >= 15 is 0 Å². The van der Waals surface area contributed by atoms with Gasteiger partial charge in [0.1, 0.15) is 0 Å². The van der Waals surface area contributed by atoms with Crippen LogP contribution in [0.3, 0.4) is 0 Å². The van der Waals surface area contributed by atoms with Crippen LogP contribution < -0.4 is 5.32 Å². The Morgan fingerprint density at radius 3 is 2.68 bits per heavy atom. The van der Waals surface area contributed by atoms with Crippen molar-refractivity contribution in [3.05, 3.63) is 59.1 Å². The molecule has 3 aromatic rings. The van der Waals surface area contributed by atoms with Gasteiger partial charge in [-0.05, 0) is 29.8 Å². The normalized spacial score (nSPS) is 10.6. The molecule has 19 heavy (non-hydrogen) atoms. The number of carbonyl (C=O) groups is 1. The van der Waals surface area contributed by atoms with Crippen molar-refractivity contribution in [1.29, 1.82) is 0 Å². The minimum Gasteiger partial charge on any atom is -0.298 e. The molecule has 3 rings (SSSR count). The average Bonchev–Trinajstić information content (AvgIpc) is 2.83. The number of hydrogen-bond donors (Lipinski definition) is 1. The molecule has 0 aliphatic rings. The van der Waals surface area contributed by atoms with Crippen LogP contribution in [0, 0.1) is 6.92 Å². The average molecular weight is 268 g/mol. The molecule has 1 N–H and O–H groups in total. The summed E-state index contributed by atoms with van der Waals surface area (Å²) in [6, 6.07) is 13.7. The Kier molecular flexibility index (Phi) is 3.01. The highest BCUT2D eigenvalue weighted by Gasteiger charge is 2.08. The molecular weight excluding hydrogens is 256 g/mol. The van der Waals surface area contributed by atoms with E-state index in [9.17, 15) is 4.79 Å². The molecule has 1 heterocycles. The molecular formula is C15H12N2OS. The van der Waals surface area contributed by atoms with Crippen LogP contribution in [-0.4, -0.2) is 10.9 Å². The zero-order valence-electron chi connectivity index (χ0n) is 10.4. The number of aryl methyl sites for hydroxylation is 1. The first-order valence-electron chi connectivity index (χ1n) is 5.95. The Labute approximate surface area is 114 Å². The van der Waals surface area contributed by atoms with Gasteiger partial charge in [0, 0.05) is 16.6 Å². The zero-order valence-corrected chi connectivity index (χ0v) is 11.2. The van der Waals surface area contributed by atoms with Crippen LogP contribution in [-0.2, 0) is 0 Å². The Morgan fingerprint density at radius 2 is 1.95 bits per heavy atom. The molecule has 0 spiro atoms. The Bertz CT molecular complexity index is 748. The number of carbonyl (C=O) groups excluding carboxylic acids is 1. The molecule has 1 amide bonds. The molecule has 0 bridgehead atoms. The van der Waals surface area contributed by atoms with Crippen molar-refractivity contribution in [1.82, 2.24) is 4.98 Å². The predicted molar refractivity (Wildman–Crippen MR) is 78.8 cm³/mol. The number of anilines is 1. The highest BCUT2D eigenvalue weighted by atomic mass is 32.1. The number of nitrogens with zero attached hydrogens (tertiary/aromatic N) is 1. The van der Waals surface area contributed by atoms with Crippen LogP contribution in [0.25, 0.3) is 10.8 Å². The van der Waals surface area contributed by atoms with Crippen molar-refractivity contribution >= 4 is 33.1 Å². The molecule has 2 aromatic carbocycles. The number of nitrogens with one attached hydrogen (secondary N) is 1. The van der Waals surface area contributed by atoms with Gasteiger partial charge in [-0.1, -0.05) is 30.3 Å². The lowest BCUT2D eigenvalue weighted by Gasteiger charge is -2.03. The van der Waals surface area contributed by atoms with E-state index in [4.69, 9.17) is 0 Å². The van der Waals surface area contributed by atoms with Gasteiger partial charge in [0.25, 0.3) is 5.91 Å². The molecule has 0 saturated carbocycles. The number of thiazole rings is 1. The maximum atomic E-state index is 12.1. The third-order valence-electron chi connectivity index (χ3n) is 2.85. The summed E-state index contributed by atoms with van der Waals surface area (Å²) in [5, 5.41) is 5.64. The fraction of sp³-hybridized carbons (Fsp3) is 0.0667. The summed E-state index contributed by atoms with van der Waals surface area (Å²) in [5.74, 6) is -0.125. The molecule has 0 aliphatic heterocycles. The Morgan fingerprint density at radius 1 is 1.16 bits per heavy atom. The van der Waals surface area contributed by atoms with E-state index in [0.717, 1.165) is 15.6 Å². The second kappa shape index (κ2) is 4.82. The highest BCUT2D eigenvalue weighted by molar-refractivity contribution is 7.15. The Balaban J connectivity index is 1.89. The van der Waals surface area contributed by atoms with Crippen molar-refractivity contribution in [3.8, 4) is 0 Å².